The van der Waals surface area contributed by atoms with Crippen LogP contribution in [0, 0.1) is 0 Å². The first-order chi connectivity index (χ1) is 16.0. The molecule has 1 saturated heterocycles. The van der Waals surface area contributed by atoms with Gasteiger partial charge in [0.25, 0.3) is 5.56 Å². The lowest BCUT2D eigenvalue weighted by Gasteiger charge is -2.34. The van der Waals surface area contributed by atoms with Gasteiger partial charge in [-0.3, -0.25) is 4.79 Å². The SMILES string of the molecule is COc1cc2nc(N3CCN(c4ncc5c(=O)n(C)ccc5n4)CC3)nc(N)c2cc1OC. The van der Waals surface area contributed by atoms with Crippen molar-refractivity contribution >= 4 is 39.5 Å². The highest BCUT2D eigenvalue weighted by molar-refractivity contribution is 5.91. The van der Waals surface area contributed by atoms with E-state index < -0.39 is 0 Å². The maximum atomic E-state index is 12.2. The van der Waals surface area contributed by atoms with E-state index in [2.05, 4.69) is 24.8 Å². The molecule has 0 unspecified atom stereocenters. The highest BCUT2D eigenvalue weighted by Gasteiger charge is 2.23. The molecular weight excluding hydrogens is 424 g/mol. The molecule has 4 heterocycles. The van der Waals surface area contributed by atoms with Crippen molar-refractivity contribution in [2.75, 3.05) is 55.9 Å². The number of nitrogens with two attached hydrogens (primary N) is 1. The smallest absolute Gasteiger partial charge is 0.261 e. The number of ether oxygens (including phenoxy) is 2. The maximum Gasteiger partial charge on any atom is 0.261 e. The lowest BCUT2D eigenvalue weighted by atomic mass is 10.2. The number of fused-ring (bicyclic) bond motifs is 2. The van der Waals surface area contributed by atoms with Crippen LogP contribution in [0.25, 0.3) is 21.8 Å². The van der Waals surface area contributed by atoms with Crippen molar-refractivity contribution in [3.8, 4) is 11.5 Å². The Balaban J connectivity index is 1.38. The van der Waals surface area contributed by atoms with E-state index in [-0.39, 0.29) is 5.56 Å². The van der Waals surface area contributed by atoms with Crippen LogP contribution in [0.5, 0.6) is 11.5 Å². The molecule has 0 atom stereocenters. The van der Waals surface area contributed by atoms with Gasteiger partial charge in [0.1, 0.15) is 5.82 Å². The van der Waals surface area contributed by atoms with Crippen molar-refractivity contribution in [2.24, 2.45) is 7.05 Å². The predicted octanol–water partition coefficient (Wildman–Crippen LogP) is 1.20. The molecule has 1 aromatic carbocycles. The first-order valence-corrected chi connectivity index (χ1v) is 10.5. The van der Waals surface area contributed by atoms with Crippen LogP contribution in [0.4, 0.5) is 17.7 Å². The quantitative estimate of drug-likeness (QED) is 0.487. The minimum Gasteiger partial charge on any atom is -0.493 e. The molecule has 2 N–H and O–H groups in total. The number of nitrogen functional groups attached to an aromatic ring is 1. The number of benzene rings is 1. The average Bonchev–Trinajstić information content (AvgIpc) is 2.85. The minimum absolute atomic E-state index is 0.107. The van der Waals surface area contributed by atoms with E-state index in [1.165, 1.54) is 4.57 Å². The van der Waals surface area contributed by atoms with E-state index >= 15 is 0 Å². The summed E-state index contributed by atoms with van der Waals surface area (Å²) in [5.74, 6) is 2.72. The molecule has 1 fully saturated rings. The zero-order valence-electron chi connectivity index (χ0n) is 18.6. The van der Waals surface area contributed by atoms with Crippen LogP contribution in [-0.4, -0.2) is 64.9 Å². The summed E-state index contributed by atoms with van der Waals surface area (Å²) in [6, 6.07) is 5.42. The molecule has 0 bridgehead atoms. The Labute approximate surface area is 189 Å². The molecule has 33 heavy (non-hydrogen) atoms. The molecule has 0 aliphatic carbocycles. The number of nitrogens with zero attached hydrogens (tertiary/aromatic N) is 7. The van der Waals surface area contributed by atoms with Gasteiger partial charge in [-0.1, -0.05) is 0 Å². The van der Waals surface area contributed by atoms with Crippen molar-refractivity contribution in [3.63, 3.8) is 0 Å². The van der Waals surface area contributed by atoms with E-state index in [1.54, 1.807) is 45.8 Å². The topological polar surface area (TPSA) is 125 Å². The maximum absolute atomic E-state index is 12.2. The van der Waals surface area contributed by atoms with E-state index in [4.69, 9.17) is 20.2 Å². The molecule has 11 heteroatoms. The molecule has 170 valence electrons. The van der Waals surface area contributed by atoms with Crippen molar-refractivity contribution in [1.82, 2.24) is 24.5 Å². The van der Waals surface area contributed by atoms with Crippen LogP contribution in [0.15, 0.2) is 35.4 Å². The monoisotopic (exact) mass is 448 g/mol. The molecule has 0 amide bonds. The van der Waals surface area contributed by atoms with Gasteiger partial charge in [-0.2, -0.15) is 4.98 Å². The third-order valence-corrected chi connectivity index (χ3v) is 5.88. The van der Waals surface area contributed by atoms with Crippen LogP contribution in [0.2, 0.25) is 0 Å². The second kappa shape index (κ2) is 8.08. The molecule has 1 aliphatic rings. The molecule has 0 radical (unpaired) electrons. The average molecular weight is 448 g/mol. The van der Waals surface area contributed by atoms with Gasteiger partial charge in [-0.15, -0.1) is 0 Å². The first-order valence-electron chi connectivity index (χ1n) is 10.5. The molecular formula is C22H24N8O3. The molecule has 0 spiro atoms. The van der Waals surface area contributed by atoms with Gasteiger partial charge in [0.15, 0.2) is 11.5 Å². The number of aryl methyl sites for hydroxylation is 1. The fraction of sp³-hybridized carbons (Fsp3) is 0.318. The van der Waals surface area contributed by atoms with Crippen LogP contribution < -0.4 is 30.6 Å². The summed E-state index contributed by atoms with van der Waals surface area (Å²) in [4.78, 5) is 34.7. The van der Waals surface area contributed by atoms with Gasteiger partial charge in [-0.05, 0) is 12.1 Å². The van der Waals surface area contributed by atoms with E-state index in [0.717, 1.165) is 0 Å². The molecule has 5 rings (SSSR count). The molecule has 3 aromatic heterocycles. The molecule has 0 saturated carbocycles. The highest BCUT2D eigenvalue weighted by Crippen LogP contribution is 2.34. The standard InChI is InChI=1S/C22H24N8O3/c1-28-5-4-15-14(20(28)31)12-24-21(25-15)29-6-8-30(9-7-29)22-26-16-11-18(33-3)17(32-2)10-13(16)19(23)27-22/h4-5,10-12H,6-9H2,1-3H3,(H2,23,26,27). The number of methoxy groups -OCH3 is 2. The Kier molecular flexibility index (Phi) is 5.08. The second-order valence-electron chi connectivity index (χ2n) is 7.81. The Bertz CT molecular complexity index is 1410. The predicted molar refractivity (Wildman–Crippen MR) is 126 cm³/mol. The van der Waals surface area contributed by atoms with E-state index in [0.29, 0.717) is 77.2 Å². The molecule has 4 aromatic rings. The number of hydrogen-bond donors (Lipinski definition) is 1. The Morgan fingerprint density at radius 1 is 0.879 bits per heavy atom. The van der Waals surface area contributed by atoms with Crippen molar-refractivity contribution in [3.05, 3.63) is 40.9 Å². The normalized spacial score (nSPS) is 14.2. The summed E-state index contributed by atoms with van der Waals surface area (Å²) in [5.41, 5.74) is 7.46. The lowest BCUT2D eigenvalue weighted by molar-refractivity contribution is 0.356. The third kappa shape index (κ3) is 3.60. The largest absolute Gasteiger partial charge is 0.493 e. The number of hydrogen-bond acceptors (Lipinski definition) is 10. The number of rotatable bonds is 4. The van der Waals surface area contributed by atoms with Crippen molar-refractivity contribution in [2.45, 2.75) is 0 Å². The Morgan fingerprint density at radius 2 is 1.52 bits per heavy atom. The summed E-state index contributed by atoms with van der Waals surface area (Å²) in [5, 5.41) is 1.22. The van der Waals surface area contributed by atoms with Crippen molar-refractivity contribution < 1.29 is 9.47 Å². The summed E-state index contributed by atoms with van der Waals surface area (Å²) >= 11 is 0. The second-order valence-corrected chi connectivity index (χ2v) is 7.81. The zero-order chi connectivity index (χ0) is 23.1. The fourth-order valence-electron chi connectivity index (χ4n) is 3.98. The lowest BCUT2D eigenvalue weighted by Crippen LogP contribution is -2.47. The van der Waals surface area contributed by atoms with Crippen LogP contribution in [0.1, 0.15) is 0 Å². The first kappa shape index (κ1) is 20.7. The minimum atomic E-state index is -0.107. The Morgan fingerprint density at radius 3 is 2.21 bits per heavy atom. The van der Waals surface area contributed by atoms with E-state index in [9.17, 15) is 4.79 Å². The van der Waals surface area contributed by atoms with Gasteiger partial charge < -0.3 is 29.6 Å². The summed E-state index contributed by atoms with van der Waals surface area (Å²) in [6.45, 7) is 2.72. The van der Waals surface area contributed by atoms with Gasteiger partial charge in [0.2, 0.25) is 11.9 Å². The number of aromatic nitrogens is 5. The highest BCUT2D eigenvalue weighted by atomic mass is 16.5. The van der Waals surface area contributed by atoms with Gasteiger partial charge in [0, 0.05) is 57.1 Å². The van der Waals surface area contributed by atoms with Crippen LogP contribution in [-0.2, 0) is 7.05 Å². The molecule has 11 nitrogen and oxygen atoms in total. The van der Waals surface area contributed by atoms with Crippen LogP contribution >= 0.6 is 0 Å². The summed E-state index contributed by atoms with van der Waals surface area (Å²) in [6.07, 6.45) is 3.31. The van der Waals surface area contributed by atoms with Crippen molar-refractivity contribution in [1.29, 1.82) is 0 Å². The molecule has 1 aliphatic heterocycles. The summed E-state index contributed by atoms with van der Waals surface area (Å²) < 4.78 is 12.3. The van der Waals surface area contributed by atoms with Gasteiger partial charge in [0.05, 0.1) is 30.6 Å². The summed E-state index contributed by atoms with van der Waals surface area (Å²) in [7, 11) is 4.87. The third-order valence-electron chi connectivity index (χ3n) is 5.88. The van der Waals surface area contributed by atoms with E-state index in [1.807, 2.05) is 6.07 Å². The van der Waals surface area contributed by atoms with Gasteiger partial charge in [-0.25, -0.2) is 15.0 Å². The fourth-order valence-corrected chi connectivity index (χ4v) is 3.98. The number of piperazine rings is 1. The van der Waals surface area contributed by atoms with Crippen LogP contribution in [0.3, 0.4) is 0 Å². The Hall–Kier alpha value is -4.15. The number of pyridine rings is 1. The number of anilines is 3. The van der Waals surface area contributed by atoms with Gasteiger partial charge >= 0.3 is 0 Å². The zero-order valence-corrected chi connectivity index (χ0v) is 18.6.